The van der Waals surface area contributed by atoms with Gasteiger partial charge in [-0.15, -0.1) is 5.10 Å². The standard InChI is InChI=1S/C11H15N5O2S/c1-15-4-3-12-11(15)10-7-16(14-13-10)6-9-2-5-19(17,18)8-9/h3-4,7,9H,2,5-6,8H2,1H3. The largest absolute Gasteiger partial charge is 0.333 e. The quantitative estimate of drug-likeness (QED) is 0.797. The van der Waals surface area contributed by atoms with Crippen LogP contribution in [0.4, 0.5) is 0 Å². The number of aryl methyl sites for hydroxylation is 1. The highest BCUT2D eigenvalue weighted by atomic mass is 32.2. The third-order valence-corrected chi connectivity index (χ3v) is 5.20. The molecule has 8 heteroatoms. The average Bonchev–Trinajstić information content (AvgIpc) is 3.01. The summed E-state index contributed by atoms with van der Waals surface area (Å²) in [5, 5.41) is 8.12. The molecule has 1 atom stereocenters. The molecule has 1 fully saturated rings. The summed E-state index contributed by atoms with van der Waals surface area (Å²) in [4.78, 5) is 4.21. The monoisotopic (exact) mass is 281 g/mol. The van der Waals surface area contributed by atoms with Crippen molar-refractivity contribution in [3.05, 3.63) is 18.6 Å². The van der Waals surface area contributed by atoms with Crippen LogP contribution in [0.5, 0.6) is 0 Å². The summed E-state index contributed by atoms with van der Waals surface area (Å²) in [6, 6.07) is 0. The Labute approximate surface area is 111 Å². The zero-order chi connectivity index (χ0) is 13.5. The molecule has 1 unspecified atom stereocenters. The zero-order valence-electron chi connectivity index (χ0n) is 10.6. The molecule has 7 nitrogen and oxygen atoms in total. The second kappa shape index (κ2) is 4.44. The Bertz CT molecular complexity index is 688. The van der Waals surface area contributed by atoms with E-state index in [4.69, 9.17) is 0 Å². The van der Waals surface area contributed by atoms with Crippen molar-refractivity contribution in [1.29, 1.82) is 0 Å². The molecule has 0 bridgehead atoms. The molecule has 102 valence electrons. The van der Waals surface area contributed by atoms with Gasteiger partial charge in [0.25, 0.3) is 0 Å². The Morgan fingerprint density at radius 1 is 1.47 bits per heavy atom. The summed E-state index contributed by atoms with van der Waals surface area (Å²) in [7, 11) is -0.943. The summed E-state index contributed by atoms with van der Waals surface area (Å²) < 4.78 is 26.4. The summed E-state index contributed by atoms with van der Waals surface area (Å²) in [5.41, 5.74) is 0.702. The molecule has 2 aromatic rings. The molecule has 1 aliphatic heterocycles. The maximum atomic E-state index is 11.4. The second-order valence-corrected chi connectivity index (χ2v) is 7.19. The van der Waals surface area contributed by atoms with Crippen molar-refractivity contribution >= 4 is 9.84 Å². The first-order valence-electron chi connectivity index (χ1n) is 6.12. The molecule has 1 aliphatic rings. The molecule has 0 aromatic carbocycles. The van der Waals surface area contributed by atoms with Crippen LogP contribution in [0.3, 0.4) is 0 Å². The Balaban J connectivity index is 1.74. The van der Waals surface area contributed by atoms with Crippen molar-refractivity contribution in [2.45, 2.75) is 13.0 Å². The second-order valence-electron chi connectivity index (χ2n) is 4.96. The molecule has 3 heterocycles. The summed E-state index contributed by atoms with van der Waals surface area (Å²) in [5.74, 6) is 1.44. The SMILES string of the molecule is Cn1ccnc1-c1cn(CC2CCS(=O)(=O)C2)nn1. The fraction of sp³-hybridized carbons (Fsp3) is 0.545. The highest BCUT2D eigenvalue weighted by Gasteiger charge is 2.28. The molecule has 2 aromatic heterocycles. The first-order chi connectivity index (χ1) is 9.03. The van der Waals surface area contributed by atoms with E-state index in [-0.39, 0.29) is 11.7 Å². The van der Waals surface area contributed by atoms with Crippen LogP contribution in [0.1, 0.15) is 6.42 Å². The van der Waals surface area contributed by atoms with E-state index in [0.29, 0.717) is 24.4 Å². The van der Waals surface area contributed by atoms with Gasteiger partial charge in [0.15, 0.2) is 15.7 Å². The summed E-state index contributed by atoms with van der Waals surface area (Å²) in [6.45, 7) is 0.594. The molecular weight excluding hydrogens is 266 g/mol. The van der Waals surface area contributed by atoms with Crippen molar-refractivity contribution < 1.29 is 8.42 Å². The van der Waals surface area contributed by atoms with Gasteiger partial charge in [-0.2, -0.15) is 0 Å². The molecular formula is C11H15N5O2S. The lowest BCUT2D eigenvalue weighted by Gasteiger charge is -2.05. The maximum Gasteiger partial charge on any atom is 0.161 e. The fourth-order valence-electron chi connectivity index (χ4n) is 2.38. The van der Waals surface area contributed by atoms with E-state index in [0.717, 1.165) is 5.82 Å². The van der Waals surface area contributed by atoms with Gasteiger partial charge in [-0.3, -0.25) is 4.68 Å². The number of imidazole rings is 1. The van der Waals surface area contributed by atoms with Crippen LogP contribution >= 0.6 is 0 Å². The van der Waals surface area contributed by atoms with Crippen LogP contribution in [0.15, 0.2) is 18.6 Å². The minimum absolute atomic E-state index is 0.140. The molecule has 0 N–H and O–H groups in total. The van der Waals surface area contributed by atoms with Crippen molar-refractivity contribution in [1.82, 2.24) is 24.5 Å². The maximum absolute atomic E-state index is 11.4. The van der Waals surface area contributed by atoms with Gasteiger partial charge in [0.1, 0.15) is 5.69 Å². The van der Waals surface area contributed by atoms with E-state index in [1.807, 2.05) is 24.0 Å². The molecule has 0 aliphatic carbocycles. The molecule has 0 spiro atoms. The van der Waals surface area contributed by atoms with E-state index in [1.165, 1.54) is 0 Å². The number of hydrogen-bond donors (Lipinski definition) is 0. The van der Waals surface area contributed by atoms with E-state index >= 15 is 0 Å². The molecule has 0 amide bonds. The Hall–Kier alpha value is -1.70. The van der Waals surface area contributed by atoms with Gasteiger partial charge in [0.05, 0.1) is 17.7 Å². The van der Waals surface area contributed by atoms with Crippen molar-refractivity contribution in [3.63, 3.8) is 0 Å². The van der Waals surface area contributed by atoms with Crippen LogP contribution in [0.25, 0.3) is 11.5 Å². The normalized spacial score (nSPS) is 21.8. The molecule has 1 saturated heterocycles. The molecule has 3 rings (SSSR count). The van der Waals surface area contributed by atoms with Crippen molar-refractivity contribution in [2.75, 3.05) is 11.5 Å². The average molecular weight is 281 g/mol. The van der Waals surface area contributed by atoms with E-state index in [9.17, 15) is 8.42 Å². The predicted molar refractivity (Wildman–Crippen MR) is 69.0 cm³/mol. The molecule has 0 radical (unpaired) electrons. The minimum atomic E-state index is -2.84. The van der Waals surface area contributed by atoms with Crippen molar-refractivity contribution in [3.8, 4) is 11.5 Å². The van der Waals surface area contributed by atoms with Crippen LogP contribution < -0.4 is 0 Å². The molecule has 19 heavy (non-hydrogen) atoms. The van der Waals surface area contributed by atoms with Gasteiger partial charge in [-0.1, -0.05) is 5.21 Å². The smallest absolute Gasteiger partial charge is 0.161 e. The van der Waals surface area contributed by atoms with Gasteiger partial charge in [0, 0.05) is 26.0 Å². The van der Waals surface area contributed by atoms with Crippen LogP contribution in [0, 0.1) is 5.92 Å². The van der Waals surface area contributed by atoms with Crippen LogP contribution in [0.2, 0.25) is 0 Å². The fourth-order valence-corrected chi connectivity index (χ4v) is 4.23. The van der Waals surface area contributed by atoms with E-state index in [2.05, 4.69) is 15.3 Å². The lowest BCUT2D eigenvalue weighted by atomic mass is 10.1. The van der Waals surface area contributed by atoms with Gasteiger partial charge in [-0.25, -0.2) is 13.4 Å². The number of aromatic nitrogens is 5. The van der Waals surface area contributed by atoms with E-state index in [1.54, 1.807) is 10.9 Å². The third-order valence-electron chi connectivity index (χ3n) is 3.36. The minimum Gasteiger partial charge on any atom is -0.333 e. The van der Waals surface area contributed by atoms with Crippen LogP contribution in [-0.4, -0.2) is 44.5 Å². The Kier molecular flexibility index (Phi) is 2.89. The Morgan fingerprint density at radius 3 is 2.95 bits per heavy atom. The topological polar surface area (TPSA) is 82.7 Å². The first-order valence-corrected chi connectivity index (χ1v) is 7.94. The van der Waals surface area contributed by atoms with Gasteiger partial charge in [0.2, 0.25) is 0 Å². The lowest BCUT2D eigenvalue weighted by Crippen LogP contribution is -2.12. The lowest BCUT2D eigenvalue weighted by molar-refractivity contribution is 0.448. The van der Waals surface area contributed by atoms with E-state index < -0.39 is 9.84 Å². The predicted octanol–water partition coefficient (Wildman–Crippen LogP) is 0.113. The first kappa shape index (κ1) is 12.3. The number of rotatable bonds is 3. The molecule has 0 saturated carbocycles. The highest BCUT2D eigenvalue weighted by molar-refractivity contribution is 7.91. The van der Waals surface area contributed by atoms with Crippen molar-refractivity contribution in [2.24, 2.45) is 13.0 Å². The zero-order valence-corrected chi connectivity index (χ0v) is 11.4. The number of sulfone groups is 1. The highest BCUT2D eigenvalue weighted by Crippen LogP contribution is 2.20. The third kappa shape index (κ3) is 2.53. The van der Waals surface area contributed by atoms with Gasteiger partial charge >= 0.3 is 0 Å². The van der Waals surface area contributed by atoms with Gasteiger partial charge in [-0.05, 0) is 12.3 Å². The Morgan fingerprint density at radius 2 is 2.32 bits per heavy atom. The number of nitrogens with zero attached hydrogens (tertiary/aromatic N) is 5. The van der Waals surface area contributed by atoms with Crippen LogP contribution in [-0.2, 0) is 23.4 Å². The number of hydrogen-bond acceptors (Lipinski definition) is 5. The van der Waals surface area contributed by atoms with Gasteiger partial charge < -0.3 is 4.57 Å². The summed E-state index contributed by atoms with van der Waals surface area (Å²) in [6.07, 6.45) is 6.07. The summed E-state index contributed by atoms with van der Waals surface area (Å²) >= 11 is 0.